The Balaban J connectivity index is 1.45. The number of ether oxygens (including phenoxy) is 2. The fourth-order valence-electron chi connectivity index (χ4n) is 7.80. The van der Waals surface area contributed by atoms with Crippen molar-refractivity contribution in [1.82, 2.24) is 31.9 Å². The molecule has 22 heteroatoms. The molecule has 0 radical (unpaired) electrons. The van der Waals surface area contributed by atoms with E-state index in [1.807, 2.05) is 48.5 Å². The first-order valence-electron chi connectivity index (χ1n) is 23.4. The molecule has 1 aliphatic carbocycles. The van der Waals surface area contributed by atoms with Crippen LogP contribution >= 0.6 is 0 Å². The summed E-state index contributed by atoms with van der Waals surface area (Å²) in [4.78, 5) is 130. The van der Waals surface area contributed by atoms with E-state index >= 15 is 0 Å². The zero-order chi connectivity index (χ0) is 53.0. The second kappa shape index (κ2) is 27.5. The van der Waals surface area contributed by atoms with E-state index in [0.29, 0.717) is 12.0 Å². The Morgan fingerprint density at radius 2 is 1.11 bits per heavy atom. The molecular formula is C50H64N8O14. The number of carboxylic acid groups (broad SMARTS) is 2. The normalized spacial score (nSPS) is 13.8. The van der Waals surface area contributed by atoms with Gasteiger partial charge in [0.1, 0.15) is 42.4 Å². The molecule has 4 rings (SSSR count). The quantitative estimate of drug-likeness (QED) is 0.0362. The summed E-state index contributed by atoms with van der Waals surface area (Å²) in [5.74, 6) is -9.87. The van der Waals surface area contributed by atoms with Gasteiger partial charge in [-0.2, -0.15) is 0 Å². The summed E-state index contributed by atoms with van der Waals surface area (Å²) in [6, 6.07) is 16.3. The predicted molar refractivity (Wildman–Crippen MR) is 259 cm³/mol. The number of esters is 1. The van der Waals surface area contributed by atoms with Crippen LogP contribution in [-0.2, 0) is 59.0 Å². The van der Waals surface area contributed by atoms with Gasteiger partial charge < -0.3 is 63.1 Å². The molecule has 0 heterocycles. The molecule has 5 atom stereocenters. The van der Waals surface area contributed by atoms with Crippen LogP contribution in [0.1, 0.15) is 94.7 Å². The molecule has 0 spiro atoms. The van der Waals surface area contributed by atoms with Crippen molar-refractivity contribution in [2.75, 3.05) is 19.7 Å². The summed E-state index contributed by atoms with van der Waals surface area (Å²) in [6.07, 6.45) is -3.49. The molecule has 388 valence electrons. The number of benzene rings is 3. The van der Waals surface area contributed by atoms with Gasteiger partial charge in [-0.05, 0) is 87.2 Å². The Morgan fingerprint density at radius 1 is 0.611 bits per heavy atom. The predicted octanol–water partition coefficient (Wildman–Crippen LogP) is 1.27. The maximum Gasteiger partial charge on any atom is 0.407 e. The number of carbonyl (C=O) groups is 10. The number of rotatable bonds is 28. The first-order chi connectivity index (χ1) is 34.1. The van der Waals surface area contributed by atoms with Crippen LogP contribution < -0.4 is 43.4 Å². The lowest BCUT2D eigenvalue weighted by atomic mass is 9.98. The van der Waals surface area contributed by atoms with Crippen LogP contribution in [0, 0.1) is 0 Å². The lowest BCUT2D eigenvalue weighted by Gasteiger charge is -2.26. The van der Waals surface area contributed by atoms with Gasteiger partial charge in [-0.25, -0.2) is 9.59 Å². The van der Waals surface area contributed by atoms with E-state index in [-0.39, 0.29) is 38.3 Å². The molecule has 0 aliphatic heterocycles. The van der Waals surface area contributed by atoms with E-state index < -0.39 is 134 Å². The Bertz CT molecular complexity index is 2380. The maximum atomic E-state index is 13.9. The van der Waals surface area contributed by atoms with E-state index in [1.54, 1.807) is 51.1 Å². The SMILES string of the molecule is CC(C)(C)OC(=O)[C@H](Cc1ccccc1)NC(=O)CNC(=O)[C@H](CCC(=O)O)NC(=O)[C@H](CC(N)=O)NC(=O)[C@H](CCCCN)NC(=O)[C@H](CCC(=O)O)NC(=O)OCC1c2ccccc2-c2ccccc21. The van der Waals surface area contributed by atoms with Gasteiger partial charge in [-0.1, -0.05) is 78.9 Å². The summed E-state index contributed by atoms with van der Waals surface area (Å²) in [7, 11) is 0. The molecule has 3 aromatic carbocycles. The summed E-state index contributed by atoms with van der Waals surface area (Å²) in [6.45, 7) is 4.28. The number of hydrogen-bond donors (Lipinski definition) is 10. The molecule has 1 aliphatic rings. The van der Waals surface area contributed by atoms with Gasteiger partial charge >= 0.3 is 24.0 Å². The molecule has 72 heavy (non-hydrogen) atoms. The smallest absolute Gasteiger partial charge is 0.407 e. The monoisotopic (exact) mass is 1000 g/mol. The fraction of sp³-hybridized carbons (Fsp3) is 0.440. The molecule has 0 saturated heterocycles. The molecule has 0 unspecified atom stereocenters. The van der Waals surface area contributed by atoms with E-state index in [9.17, 15) is 58.2 Å². The average Bonchev–Trinajstić information content (AvgIpc) is 3.64. The van der Waals surface area contributed by atoms with Crippen molar-refractivity contribution in [1.29, 1.82) is 0 Å². The number of carbonyl (C=O) groups excluding carboxylic acids is 8. The molecule has 3 aromatic rings. The number of carboxylic acids is 2. The van der Waals surface area contributed by atoms with Gasteiger partial charge in [0.2, 0.25) is 35.4 Å². The zero-order valence-corrected chi connectivity index (χ0v) is 40.4. The lowest BCUT2D eigenvalue weighted by Crippen LogP contribution is -2.59. The Hall–Kier alpha value is -7.88. The van der Waals surface area contributed by atoms with Crippen LogP contribution in [0.5, 0.6) is 0 Å². The zero-order valence-electron chi connectivity index (χ0n) is 40.4. The summed E-state index contributed by atoms with van der Waals surface area (Å²) in [5.41, 5.74) is 14.7. The molecule has 0 fully saturated rings. The molecule has 7 amide bonds. The number of hydrogen-bond acceptors (Lipinski definition) is 13. The lowest BCUT2D eigenvalue weighted by molar-refractivity contribution is -0.158. The summed E-state index contributed by atoms with van der Waals surface area (Å²) < 4.78 is 11.1. The number of unbranched alkanes of at least 4 members (excludes halogenated alkanes) is 1. The first-order valence-corrected chi connectivity index (χ1v) is 23.4. The third-order valence-electron chi connectivity index (χ3n) is 11.2. The maximum absolute atomic E-state index is 13.9. The van der Waals surface area contributed by atoms with E-state index in [0.717, 1.165) is 22.3 Å². The highest BCUT2D eigenvalue weighted by Crippen LogP contribution is 2.44. The highest BCUT2D eigenvalue weighted by atomic mass is 16.6. The topological polar surface area (TPSA) is 354 Å². The van der Waals surface area contributed by atoms with Gasteiger partial charge in [0.15, 0.2) is 0 Å². The number of fused-ring (bicyclic) bond motifs is 3. The van der Waals surface area contributed by atoms with Crippen LogP contribution in [0.25, 0.3) is 11.1 Å². The fourth-order valence-corrected chi connectivity index (χ4v) is 7.80. The standard InChI is InChI=1S/C50H64N8O14/c1-50(2,3)72-48(69)39(25-29-13-5-4-6-14-29)54-41(60)27-53-44(65)36(20-22-42(61)62)56-47(68)38(26-40(52)59)57-45(66)35(19-11-12-24-51)55-46(67)37(21-23-43(63)64)58-49(70)71-28-34-32-17-9-7-15-30(32)31-16-8-10-18-33(31)34/h4-10,13-18,34-39H,11-12,19-28,51H2,1-3H3,(H2,52,59)(H,53,65)(H,54,60)(H,55,67)(H,56,68)(H,57,66)(H,58,70)(H,61,62)(H,63,64)/t35-,36-,37-,38-,39-/m0/s1. The number of aliphatic carboxylic acids is 2. The van der Waals surface area contributed by atoms with Crippen molar-refractivity contribution in [3.05, 3.63) is 95.6 Å². The van der Waals surface area contributed by atoms with Gasteiger partial charge in [0.05, 0.1) is 13.0 Å². The van der Waals surface area contributed by atoms with Crippen molar-refractivity contribution in [2.45, 2.75) is 120 Å². The minimum Gasteiger partial charge on any atom is -0.481 e. The molecule has 0 aromatic heterocycles. The third-order valence-corrected chi connectivity index (χ3v) is 11.2. The molecule has 22 nitrogen and oxygen atoms in total. The van der Waals surface area contributed by atoms with Crippen LogP contribution in [0.2, 0.25) is 0 Å². The number of primary amides is 1. The van der Waals surface area contributed by atoms with E-state index in [1.165, 1.54) is 0 Å². The minimum absolute atomic E-state index is 0.0424. The molecular weight excluding hydrogens is 937 g/mol. The molecule has 0 bridgehead atoms. The second-order valence-electron chi connectivity index (χ2n) is 18.1. The Labute approximate surface area is 416 Å². The van der Waals surface area contributed by atoms with Crippen molar-refractivity contribution >= 4 is 59.4 Å². The van der Waals surface area contributed by atoms with Gasteiger partial charge in [-0.15, -0.1) is 0 Å². The largest absolute Gasteiger partial charge is 0.481 e. The Kier molecular flexibility index (Phi) is 21.7. The Morgan fingerprint density at radius 3 is 1.64 bits per heavy atom. The minimum atomic E-state index is -1.80. The van der Waals surface area contributed by atoms with Crippen molar-refractivity contribution in [3.63, 3.8) is 0 Å². The number of alkyl carbamates (subject to hydrolysis) is 1. The van der Waals surface area contributed by atoms with Gasteiger partial charge in [-0.3, -0.25) is 38.4 Å². The van der Waals surface area contributed by atoms with Gasteiger partial charge in [0, 0.05) is 25.2 Å². The molecule has 0 saturated carbocycles. The summed E-state index contributed by atoms with van der Waals surface area (Å²) in [5, 5.41) is 33.3. The van der Waals surface area contributed by atoms with Gasteiger partial charge in [0.25, 0.3) is 0 Å². The van der Waals surface area contributed by atoms with Crippen molar-refractivity contribution in [3.8, 4) is 11.1 Å². The van der Waals surface area contributed by atoms with Crippen molar-refractivity contribution in [2.24, 2.45) is 11.5 Å². The van der Waals surface area contributed by atoms with E-state index in [4.69, 9.17) is 20.9 Å². The molecule has 12 N–H and O–H groups in total. The summed E-state index contributed by atoms with van der Waals surface area (Å²) >= 11 is 0. The highest BCUT2D eigenvalue weighted by molar-refractivity contribution is 5.98. The second-order valence-corrected chi connectivity index (χ2v) is 18.1. The number of nitrogens with one attached hydrogen (secondary N) is 6. The van der Waals surface area contributed by atoms with Crippen LogP contribution in [-0.4, -0.2) is 125 Å². The number of nitrogens with two attached hydrogens (primary N) is 2. The van der Waals surface area contributed by atoms with Crippen LogP contribution in [0.15, 0.2) is 78.9 Å². The van der Waals surface area contributed by atoms with E-state index in [2.05, 4.69) is 31.9 Å². The average molecular weight is 1000 g/mol. The van der Waals surface area contributed by atoms with Crippen molar-refractivity contribution < 1.29 is 67.6 Å². The van der Waals surface area contributed by atoms with Crippen LogP contribution in [0.3, 0.4) is 0 Å². The van der Waals surface area contributed by atoms with Crippen LogP contribution in [0.4, 0.5) is 4.79 Å². The highest BCUT2D eigenvalue weighted by Gasteiger charge is 2.34. The first kappa shape index (κ1) is 56.7. The third kappa shape index (κ3) is 18.5. The number of amides is 7.